The van der Waals surface area contributed by atoms with Gasteiger partial charge >= 0.3 is 6.03 Å². The second kappa shape index (κ2) is 5.25. The molecule has 2 aliphatic rings. The molecule has 17 heavy (non-hydrogen) atoms. The Hall–Kier alpha value is -0.770. The summed E-state index contributed by atoms with van der Waals surface area (Å²) in [6.07, 6.45) is 6.84. The van der Waals surface area contributed by atoms with E-state index in [0.717, 1.165) is 45.3 Å². The van der Waals surface area contributed by atoms with Crippen LogP contribution in [-0.2, 0) is 0 Å². The Morgan fingerprint density at radius 2 is 2.35 bits per heavy atom. The van der Waals surface area contributed by atoms with Crippen molar-refractivity contribution in [3.8, 4) is 0 Å². The van der Waals surface area contributed by atoms with Crippen LogP contribution < -0.4 is 11.1 Å². The molecule has 1 aliphatic carbocycles. The lowest BCUT2D eigenvalue weighted by atomic mass is 9.82. The standard InChI is InChI=1S/C13H25N3O/c1-2-3-8-15-12(17)16-9-7-13(10-14)6-4-5-11(13)16/h11H,2-10,14H2,1H3,(H,15,17)/t11-,13-/m1/s1. The number of urea groups is 1. The van der Waals surface area contributed by atoms with E-state index in [1.54, 1.807) is 0 Å². The first kappa shape index (κ1) is 12.7. The van der Waals surface area contributed by atoms with Crippen molar-refractivity contribution in [3.05, 3.63) is 0 Å². The van der Waals surface area contributed by atoms with Crippen molar-refractivity contribution in [2.24, 2.45) is 11.1 Å². The summed E-state index contributed by atoms with van der Waals surface area (Å²) in [5, 5.41) is 3.03. The van der Waals surface area contributed by atoms with Gasteiger partial charge in [-0.3, -0.25) is 0 Å². The SMILES string of the molecule is CCCCNC(=O)N1CC[C@@]2(CN)CCC[C@@H]12. The molecule has 0 radical (unpaired) electrons. The number of unbranched alkanes of at least 4 members (excludes halogenated alkanes) is 1. The number of amides is 2. The Morgan fingerprint density at radius 3 is 3.06 bits per heavy atom. The molecule has 98 valence electrons. The molecule has 1 heterocycles. The lowest BCUT2D eigenvalue weighted by molar-refractivity contribution is 0.173. The molecule has 1 saturated carbocycles. The predicted molar refractivity (Wildman–Crippen MR) is 68.8 cm³/mol. The quantitative estimate of drug-likeness (QED) is 0.734. The second-order valence-corrected chi connectivity index (χ2v) is 5.50. The largest absolute Gasteiger partial charge is 0.338 e. The predicted octanol–water partition coefficient (Wildman–Crippen LogP) is 1.70. The van der Waals surface area contributed by atoms with Gasteiger partial charge in [0.25, 0.3) is 0 Å². The van der Waals surface area contributed by atoms with Crippen molar-refractivity contribution in [2.75, 3.05) is 19.6 Å². The van der Waals surface area contributed by atoms with Gasteiger partial charge in [0.05, 0.1) is 0 Å². The van der Waals surface area contributed by atoms with E-state index in [-0.39, 0.29) is 11.4 Å². The fraction of sp³-hybridized carbons (Fsp3) is 0.923. The number of carbonyl (C=O) groups is 1. The van der Waals surface area contributed by atoms with Crippen LogP contribution in [0.4, 0.5) is 4.79 Å². The molecular formula is C13H25N3O. The van der Waals surface area contributed by atoms with Crippen LogP contribution in [0.25, 0.3) is 0 Å². The van der Waals surface area contributed by atoms with Crippen LogP contribution in [0.3, 0.4) is 0 Å². The molecule has 0 aromatic rings. The summed E-state index contributed by atoms with van der Waals surface area (Å²) < 4.78 is 0. The smallest absolute Gasteiger partial charge is 0.317 e. The van der Waals surface area contributed by atoms with Crippen molar-refractivity contribution in [1.82, 2.24) is 10.2 Å². The molecular weight excluding hydrogens is 214 g/mol. The van der Waals surface area contributed by atoms with Crippen molar-refractivity contribution in [1.29, 1.82) is 0 Å². The van der Waals surface area contributed by atoms with E-state index in [9.17, 15) is 4.79 Å². The average molecular weight is 239 g/mol. The Labute approximate surface area is 104 Å². The van der Waals surface area contributed by atoms with E-state index >= 15 is 0 Å². The molecule has 0 aromatic carbocycles. The van der Waals surface area contributed by atoms with Gasteiger partial charge in [-0.2, -0.15) is 0 Å². The van der Waals surface area contributed by atoms with Crippen molar-refractivity contribution in [2.45, 2.75) is 51.5 Å². The molecule has 0 bridgehead atoms. The molecule has 1 aliphatic heterocycles. The van der Waals surface area contributed by atoms with E-state index in [1.165, 1.54) is 12.8 Å². The highest BCUT2D eigenvalue weighted by Gasteiger charge is 2.50. The topological polar surface area (TPSA) is 58.4 Å². The van der Waals surface area contributed by atoms with Crippen LogP contribution in [-0.4, -0.2) is 36.6 Å². The molecule has 0 spiro atoms. The first-order valence-electron chi connectivity index (χ1n) is 6.98. The first-order chi connectivity index (χ1) is 8.23. The Balaban J connectivity index is 1.92. The zero-order valence-corrected chi connectivity index (χ0v) is 10.9. The third-order valence-electron chi connectivity index (χ3n) is 4.56. The summed E-state index contributed by atoms with van der Waals surface area (Å²) in [5.41, 5.74) is 6.17. The number of nitrogens with one attached hydrogen (secondary N) is 1. The van der Waals surface area contributed by atoms with E-state index in [2.05, 4.69) is 12.2 Å². The maximum atomic E-state index is 12.1. The molecule has 0 aromatic heterocycles. The summed E-state index contributed by atoms with van der Waals surface area (Å²) in [7, 11) is 0. The first-order valence-corrected chi connectivity index (χ1v) is 6.98. The van der Waals surface area contributed by atoms with Gasteiger partial charge in [-0.1, -0.05) is 19.8 Å². The molecule has 4 nitrogen and oxygen atoms in total. The number of hydrogen-bond acceptors (Lipinski definition) is 2. The third-order valence-corrected chi connectivity index (χ3v) is 4.56. The van der Waals surface area contributed by atoms with Gasteiger partial charge < -0.3 is 16.0 Å². The molecule has 1 saturated heterocycles. The molecule has 0 unspecified atom stereocenters. The van der Waals surface area contributed by atoms with E-state index in [1.807, 2.05) is 4.90 Å². The maximum absolute atomic E-state index is 12.1. The summed E-state index contributed by atoms with van der Waals surface area (Å²) in [4.78, 5) is 14.1. The minimum atomic E-state index is 0.126. The fourth-order valence-electron chi connectivity index (χ4n) is 3.45. The number of nitrogens with zero attached hydrogens (tertiary/aromatic N) is 1. The Morgan fingerprint density at radius 1 is 1.53 bits per heavy atom. The van der Waals surface area contributed by atoms with Crippen molar-refractivity contribution >= 4 is 6.03 Å². The van der Waals surface area contributed by atoms with Crippen LogP contribution in [0.1, 0.15) is 45.4 Å². The Kier molecular flexibility index (Phi) is 3.92. The fourth-order valence-corrected chi connectivity index (χ4v) is 3.45. The van der Waals surface area contributed by atoms with Gasteiger partial charge in [-0.15, -0.1) is 0 Å². The summed E-state index contributed by atoms with van der Waals surface area (Å²) >= 11 is 0. The number of fused-ring (bicyclic) bond motifs is 1. The van der Waals surface area contributed by atoms with Crippen LogP contribution in [0.5, 0.6) is 0 Å². The number of carbonyl (C=O) groups excluding carboxylic acids is 1. The van der Waals surface area contributed by atoms with Gasteiger partial charge in [-0.25, -0.2) is 4.79 Å². The van der Waals surface area contributed by atoms with Crippen LogP contribution >= 0.6 is 0 Å². The minimum absolute atomic E-state index is 0.126. The normalized spacial score (nSPS) is 31.6. The summed E-state index contributed by atoms with van der Waals surface area (Å²) in [6, 6.07) is 0.523. The third kappa shape index (κ3) is 2.28. The highest BCUT2D eigenvalue weighted by atomic mass is 16.2. The second-order valence-electron chi connectivity index (χ2n) is 5.50. The van der Waals surface area contributed by atoms with E-state index < -0.39 is 0 Å². The average Bonchev–Trinajstić information content (AvgIpc) is 2.87. The van der Waals surface area contributed by atoms with E-state index in [0.29, 0.717) is 6.04 Å². The minimum Gasteiger partial charge on any atom is -0.338 e. The van der Waals surface area contributed by atoms with Crippen LogP contribution in [0.15, 0.2) is 0 Å². The van der Waals surface area contributed by atoms with Crippen LogP contribution in [0, 0.1) is 5.41 Å². The van der Waals surface area contributed by atoms with Gasteiger partial charge in [0.15, 0.2) is 0 Å². The number of hydrogen-bond donors (Lipinski definition) is 2. The summed E-state index contributed by atoms with van der Waals surface area (Å²) in [6.45, 7) is 4.56. The van der Waals surface area contributed by atoms with Gasteiger partial charge in [-0.05, 0) is 32.2 Å². The van der Waals surface area contributed by atoms with Crippen molar-refractivity contribution in [3.63, 3.8) is 0 Å². The zero-order valence-electron chi connectivity index (χ0n) is 10.9. The monoisotopic (exact) mass is 239 g/mol. The lowest BCUT2D eigenvalue weighted by Crippen LogP contribution is -2.47. The molecule has 2 rings (SSSR count). The number of likely N-dealkylation sites (tertiary alicyclic amines) is 1. The summed E-state index contributed by atoms with van der Waals surface area (Å²) in [5.74, 6) is 0. The number of nitrogens with two attached hydrogens (primary N) is 1. The molecule has 2 amide bonds. The molecule has 3 N–H and O–H groups in total. The highest BCUT2D eigenvalue weighted by molar-refractivity contribution is 5.75. The van der Waals surface area contributed by atoms with Crippen molar-refractivity contribution < 1.29 is 4.79 Å². The zero-order chi connectivity index (χ0) is 12.3. The molecule has 4 heteroatoms. The van der Waals surface area contributed by atoms with Gasteiger partial charge in [0.1, 0.15) is 0 Å². The molecule has 2 atom stereocenters. The lowest BCUT2D eigenvalue weighted by Gasteiger charge is -2.31. The maximum Gasteiger partial charge on any atom is 0.317 e. The van der Waals surface area contributed by atoms with Gasteiger partial charge in [0.2, 0.25) is 0 Å². The number of rotatable bonds is 4. The van der Waals surface area contributed by atoms with Crippen LogP contribution in [0.2, 0.25) is 0 Å². The van der Waals surface area contributed by atoms with E-state index in [4.69, 9.17) is 5.73 Å². The Bertz CT molecular complexity index is 282. The van der Waals surface area contributed by atoms with Gasteiger partial charge in [0, 0.05) is 24.5 Å². The highest BCUT2D eigenvalue weighted by Crippen LogP contribution is 2.47. The molecule has 2 fully saturated rings.